The van der Waals surface area contributed by atoms with Crippen molar-refractivity contribution in [1.82, 2.24) is 0 Å². The molecule has 2 spiro atoms. The van der Waals surface area contributed by atoms with Crippen molar-refractivity contribution >= 4 is 23.1 Å². The van der Waals surface area contributed by atoms with Crippen LogP contribution in [0.5, 0.6) is 0 Å². The summed E-state index contributed by atoms with van der Waals surface area (Å²) in [6.07, 6.45) is 4.14. The number of aryl methyl sites for hydroxylation is 2. The lowest BCUT2D eigenvalue weighted by molar-refractivity contribution is -0.139. The number of esters is 2. The Labute approximate surface area is 271 Å². The minimum Gasteiger partial charge on any atom is -0.463 e. The molecule has 8 rings (SSSR count). The maximum Gasteiger partial charge on any atom is 0.335 e. The van der Waals surface area contributed by atoms with E-state index in [1.54, 1.807) is 0 Å². The summed E-state index contributed by atoms with van der Waals surface area (Å²) in [6, 6.07) is 33.7. The van der Waals surface area contributed by atoms with Crippen molar-refractivity contribution in [3.63, 3.8) is 0 Å². The lowest BCUT2D eigenvalue weighted by Crippen LogP contribution is -2.18. The molecule has 0 N–H and O–H groups in total. The third-order valence-corrected chi connectivity index (χ3v) is 10.0. The van der Waals surface area contributed by atoms with Crippen molar-refractivity contribution in [2.45, 2.75) is 64.2 Å². The fourth-order valence-electron chi connectivity index (χ4n) is 7.58. The van der Waals surface area contributed by atoms with Gasteiger partial charge in [0.25, 0.3) is 0 Å². The predicted octanol–water partition coefficient (Wildman–Crippen LogP) is 8.81. The summed E-state index contributed by atoms with van der Waals surface area (Å²) >= 11 is 0. The molecule has 4 heteroatoms. The number of fused-ring (bicyclic) bond motifs is 4. The first-order chi connectivity index (χ1) is 22.3. The van der Waals surface area contributed by atoms with E-state index in [1.165, 1.54) is 33.4 Å². The van der Waals surface area contributed by atoms with Gasteiger partial charge in [0.15, 0.2) is 0 Å². The van der Waals surface area contributed by atoms with Crippen LogP contribution in [0.25, 0.3) is 11.1 Å². The van der Waals surface area contributed by atoms with Crippen molar-refractivity contribution in [3.05, 3.63) is 153 Å². The molecule has 0 radical (unpaired) electrons. The molecular formula is C42H40O4. The predicted molar refractivity (Wildman–Crippen MR) is 182 cm³/mol. The first-order valence-corrected chi connectivity index (χ1v) is 16.5. The average molecular weight is 609 g/mol. The summed E-state index contributed by atoms with van der Waals surface area (Å²) in [4.78, 5) is 25.5. The second kappa shape index (κ2) is 11.6. The molecule has 4 nitrogen and oxygen atoms in total. The molecule has 0 amide bonds. The van der Waals surface area contributed by atoms with Gasteiger partial charge in [-0.25, -0.2) is 9.59 Å². The van der Waals surface area contributed by atoms with E-state index in [9.17, 15) is 9.59 Å². The lowest BCUT2D eigenvalue weighted by Gasteiger charge is -2.14. The number of carbonyl (C=O) groups is 2. The molecule has 0 aromatic heterocycles. The maximum atomic E-state index is 12.7. The lowest BCUT2D eigenvalue weighted by atomic mass is 9.92. The molecule has 0 heterocycles. The topological polar surface area (TPSA) is 52.6 Å². The van der Waals surface area contributed by atoms with Crippen molar-refractivity contribution in [1.29, 1.82) is 0 Å². The van der Waals surface area contributed by atoms with Gasteiger partial charge in [-0.05, 0) is 86.8 Å². The molecule has 0 bridgehead atoms. The fraction of sp³-hybridized carbons (Fsp3) is 0.286. The summed E-state index contributed by atoms with van der Waals surface area (Å²) in [5.41, 5.74) is 13.3. The molecule has 4 aromatic carbocycles. The first-order valence-electron chi connectivity index (χ1n) is 16.5. The van der Waals surface area contributed by atoms with Gasteiger partial charge >= 0.3 is 11.9 Å². The number of carbonyl (C=O) groups excluding carboxylic acids is 2. The van der Waals surface area contributed by atoms with Gasteiger partial charge in [-0.3, -0.25) is 0 Å². The number of hydrogen-bond acceptors (Lipinski definition) is 4. The minimum absolute atomic E-state index is 0.108. The van der Waals surface area contributed by atoms with E-state index >= 15 is 0 Å². The third-order valence-electron chi connectivity index (χ3n) is 10.0. The van der Waals surface area contributed by atoms with Gasteiger partial charge in [-0.2, -0.15) is 0 Å². The molecule has 4 aromatic rings. The molecule has 46 heavy (non-hydrogen) atoms. The van der Waals surface area contributed by atoms with Crippen LogP contribution in [0.1, 0.15) is 84.0 Å². The fourth-order valence-corrected chi connectivity index (χ4v) is 7.58. The molecule has 4 aliphatic rings. The van der Waals surface area contributed by atoms with Gasteiger partial charge in [0, 0.05) is 22.0 Å². The van der Waals surface area contributed by atoms with Crippen LogP contribution in [-0.2, 0) is 29.9 Å². The highest BCUT2D eigenvalue weighted by molar-refractivity contribution is 6.09. The van der Waals surface area contributed by atoms with E-state index < -0.39 is 0 Å². The number of hydrogen-bond donors (Lipinski definition) is 0. The summed E-state index contributed by atoms with van der Waals surface area (Å²) in [7, 11) is 0. The Morgan fingerprint density at radius 3 is 1.22 bits per heavy atom. The zero-order chi connectivity index (χ0) is 32.1. The highest BCUT2D eigenvalue weighted by Gasteiger charge is 2.57. The van der Waals surface area contributed by atoms with E-state index in [0.29, 0.717) is 13.2 Å². The van der Waals surface area contributed by atoms with Gasteiger partial charge in [0.1, 0.15) is 0 Å². The van der Waals surface area contributed by atoms with E-state index in [0.717, 1.165) is 59.1 Å². The molecule has 2 saturated carbocycles. The molecule has 0 atom stereocenters. The molecule has 232 valence electrons. The van der Waals surface area contributed by atoms with E-state index in [4.69, 9.17) is 9.47 Å². The van der Waals surface area contributed by atoms with Crippen molar-refractivity contribution < 1.29 is 19.1 Å². The summed E-state index contributed by atoms with van der Waals surface area (Å²) in [5.74, 6) is -0.312. The summed E-state index contributed by atoms with van der Waals surface area (Å²) in [5, 5.41) is 0. The second-order valence-electron chi connectivity index (χ2n) is 12.9. The van der Waals surface area contributed by atoms with Crippen molar-refractivity contribution in [2.24, 2.45) is 0 Å². The Balaban J connectivity index is 0.000000147. The average Bonchev–Trinajstić information content (AvgIpc) is 3.98. The SMILES string of the molecule is CCOC(=O)C1=C(c2ccc(C)cc2)c2ccccc2C12CC2.CCOC(=O)C1=C(c2ccc(C)cc2)c2ccccc2C12CC2. The van der Waals surface area contributed by atoms with Crippen molar-refractivity contribution in [3.8, 4) is 0 Å². The summed E-state index contributed by atoms with van der Waals surface area (Å²) < 4.78 is 10.8. The van der Waals surface area contributed by atoms with Crippen LogP contribution in [0.15, 0.2) is 108 Å². The Hall–Kier alpha value is -4.70. The smallest absolute Gasteiger partial charge is 0.335 e. The van der Waals surface area contributed by atoms with E-state index in [-0.39, 0.29) is 22.8 Å². The monoisotopic (exact) mass is 608 g/mol. The van der Waals surface area contributed by atoms with Crippen LogP contribution in [0.4, 0.5) is 0 Å². The van der Waals surface area contributed by atoms with Crippen LogP contribution in [0.2, 0.25) is 0 Å². The number of rotatable bonds is 6. The quantitative estimate of drug-likeness (QED) is 0.205. The number of benzene rings is 4. The highest BCUT2D eigenvalue weighted by atomic mass is 16.5. The first kappa shape index (κ1) is 30.0. The van der Waals surface area contributed by atoms with E-state index in [2.05, 4.69) is 111 Å². The molecular weight excluding hydrogens is 568 g/mol. The van der Waals surface area contributed by atoms with Crippen LogP contribution in [0.3, 0.4) is 0 Å². The van der Waals surface area contributed by atoms with E-state index in [1.807, 2.05) is 13.8 Å². The van der Waals surface area contributed by atoms with Crippen molar-refractivity contribution in [2.75, 3.05) is 13.2 Å². The molecule has 4 aliphatic carbocycles. The van der Waals surface area contributed by atoms with Gasteiger partial charge in [0.2, 0.25) is 0 Å². The second-order valence-corrected chi connectivity index (χ2v) is 12.9. The van der Waals surface area contributed by atoms with Crippen LogP contribution < -0.4 is 0 Å². The third kappa shape index (κ3) is 4.83. The summed E-state index contributed by atoms with van der Waals surface area (Å²) in [6.45, 7) is 8.72. The molecule has 2 fully saturated rings. The Bertz CT molecular complexity index is 1760. The normalized spacial score (nSPS) is 17.3. The zero-order valence-electron chi connectivity index (χ0n) is 27.1. The Morgan fingerprint density at radius 2 is 0.891 bits per heavy atom. The highest BCUT2D eigenvalue weighted by Crippen LogP contribution is 2.63. The van der Waals surface area contributed by atoms with Crippen LogP contribution in [0, 0.1) is 13.8 Å². The Kier molecular flexibility index (Phi) is 7.55. The van der Waals surface area contributed by atoms with Crippen LogP contribution in [-0.4, -0.2) is 25.2 Å². The zero-order valence-corrected chi connectivity index (χ0v) is 27.1. The Morgan fingerprint density at radius 1 is 0.543 bits per heavy atom. The van der Waals surface area contributed by atoms with Gasteiger partial charge in [0.05, 0.1) is 24.4 Å². The molecule has 0 unspecified atom stereocenters. The number of ether oxygens (including phenoxy) is 2. The molecule has 0 aliphatic heterocycles. The van der Waals surface area contributed by atoms with Gasteiger partial charge < -0.3 is 9.47 Å². The standard InChI is InChI=1S/2C21H20O2/c2*1-3-23-20(22)19-18(15-10-8-14(2)9-11-15)16-6-4-5-7-17(16)21(19)12-13-21/h2*4-11H,3,12-13H2,1-2H3. The largest absolute Gasteiger partial charge is 0.463 e. The van der Waals surface area contributed by atoms with Gasteiger partial charge in [-0.15, -0.1) is 0 Å². The maximum absolute atomic E-state index is 12.7. The van der Waals surface area contributed by atoms with Crippen LogP contribution >= 0.6 is 0 Å². The van der Waals surface area contributed by atoms with Gasteiger partial charge in [-0.1, -0.05) is 108 Å². The minimum atomic E-state index is -0.156. The molecule has 0 saturated heterocycles.